The number of rotatable bonds is 2. The Kier molecular flexibility index (Phi) is 1.77. The normalized spacial score (nSPS) is 11.4. The summed E-state index contributed by atoms with van der Waals surface area (Å²) in [7, 11) is -1.92. The van der Waals surface area contributed by atoms with Gasteiger partial charge in [-0.1, -0.05) is 0 Å². The molecular formula is C5H7N3O2S. The monoisotopic (exact) mass is 173 g/mol. The van der Waals surface area contributed by atoms with Crippen LogP contribution in [0.15, 0.2) is 21.9 Å². The van der Waals surface area contributed by atoms with E-state index in [0.717, 1.165) is 0 Å². The molecule has 1 heterocycles. The minimum absolute atomic E-state index is 0.0741. The Bertz CT molecular complexity index is 365. The highest BCUT2D eigenvalue weighted by molar-refractivity contribution is 7.90. The van der Waals surface area contributed by atoms with Crippen LogP contribution >= 0.6 is 0 Å². The van der Waals surface area contributed by atoms with Crippen molar-refractivity contribution in [2.24, 2.45) is 11.4 Å². The van der Waals surface area contributed by atoms with Crippen LogP contribution < -0.4 is 0 Å². The van der Waals surface area contributed by atoms with Gasteiger partial charge in [0.1, 0.15) is 0 Å². The minimum Gasteiger partial charge on any atom is -0.339 e. The number of aryl methyl sites for hydroxylation is 1. The van der Waals surface area contributed by atoms with Gasteiger partial charge in [0.25, 0.3) is 0 Å². The Balaban J connectivity index is 3.23. The third kappa shape index (κ3) is 1.45. The van der Waals surface area contributed by atoms with Crippen LogP contribution in [0, 0.1) is 0 Å². The fourth-order valence-electron chi connectivity index (χ4n) is 0.588. The van der Waals surface area contributed by atoms with Crippen LogP contribution in [0.4, 0.5) is 0 Å². The SMILES string of the molecule is C=NS(=O)(=O)c1cn(C)cn1. The summed E-state index contributed by atoms with van der Waals surface area (Å²) < 4.78 is 26.3. The molecule has 0 saturated heterocycles. The summed E-state index contributed by atoms with van der Waals surface area (Å²) in [5.41, 5.74) is 0. The highest BCUT2D eigenvalue weighted by Gasteiger charge is 2.12. The molecule has 11 heavy (non-hydrogen) atoms. The van der Waals surface area contributed by atoms with Crippen molar-refractivity contribution in [3.63, 3.8) is 0 Å². The highest BCUT2D eigenvalue weighted by atomic mass is 32.2. The zero-order chi connectivity index (χ0) is 8.48. The summed E-state index contributed by atoms with van der Waals surface area (Å²) in [6, 6.07) is 0. The number of sulfonamides is 1. The fraction of sp³-hybridized carbons (Fsp3) is 0.200. The van der Waals surface area contributed by atoms with E-state index in [2.05, 4.69) is 16.1 Å². The molecule has 0 unspecified atom stereocenters. The van der Waals surface area contributed by atoms with Crippen LogP contribution in [0.5, 0.6) is 0 Å². The van der Waals surface area contributed by atoms with Crippen LogP contribution in [0.25, 0.3) is 0 Å². The molecule has 0 saturated carbocycles. The third-order valence-electron chi connectivity index (χ3n) is 1.12. The average Bonchev–Trinajstić information content (AvgIpc) is 2.36. The van der Waals surface area contributed by atoms with Gasteiger partial charge in [0, 0.05) is 20.0 Å². The van der Waals surface area contributed by atoms with Crippen molar-refractivity contribution in [3.8, 4) is 0 Å². The Morgan fingerprint density at radius 2 is 2.36 bits per heavy atom. The molecular weight excluding hydrogens is 166 g/mol. The van der Waals surface area contributed by atoms with Crippen molar-refractivity contribution in [2.75, 3.05) is 0 Å². The van der Waals surface area contributed by atoms with Gasteiger partial charge in [0.05, 0.1) is 6.33 Å². The Morgan fingerprint density at radius 1 is 1.73 bits per heavy atom. The van der Waals surface area contributed by atoms with Crippen molar-refractivity contribution in [1.82, 2.24) is 9.55 Å². The van der Waals surface area contributed by atoms with E-state index in [1.165, 1.54) is 17.1 Å². The predicted molar refractivity (Wildman–Crippen MR) is 39.9 cm³/mol. The first-order chi connectivity index (χ1) is 5.06. The molecule has 0 aliphatic rings. The van der Waals surface area contributed by atoms with Gasteiger partial charge in [-0.15, -0.1) is 0 Å². The largest absolute Gasteiger partial charge is 0.339 e. The van der Waals surface area contributed by atoms with Gasteiger partial charge in [0.15, 0.2) is 5.03 Å². The standard InChI is InChI=1S/C5H7N3O2S/c1-6-11(9,10)5-3-8(2)4-7-5/h3-4H,1H2,2H3. The summed E-state index contributed by atoms with van der Waals surface area (Å²) in [6.07, 6.45) is 2.75. The lowest BCUT2D eigenvalue weighted by Gasteiger charge is -1.87. The van der Waals surface area contributed by atoms with E-state index in [0.29, 0.717) is 0 Å². The van der Waals surface area contributed by atoms with Crippen molar-refractivity contribution in [2.45, 2.75) is 5.03 Å². The van der Waals surface area contributed by atoms with Gasteiger partial charge in [-0.3, -0.25) is 0 Å². The maximum absolute atomic E-state index is 10.9. The molecule has 5 nitrogen and oxygen atoms in total. The van der Waals surface area contributed by atoms with E-state index in [-0.39, 0.29) is 5.03 Å². The maximum Gasteiger partial charge on any atom is 0.300 e. The summed E-state index contributed by atoms with van der Waals surface area (Å²) in [6.45, 7) is 2.93. The van der Waals surface area contributed by atoms with E-state index in [4.69, 9.17) is 0 Å². The second-order valence-electron chi connectivity index (χ2n) is 1.98. The van der Waals surface area contributed by atoms with Gasteiger partial charge in [0.2, 0.25) is 0 Å². The molecule has 1 rings (SSSR count). The molecule has 0 spiro atoms. The lowest BCUT2D eigenvalue weighted by atomic mass is 10.9. The number of aromatic nitrogens is 2. The Morgan fingerprint density at radius 3 is 2.73 bits per heavy atom. The van der Waals surface area contributed by atoms with Crippen LogP contribution in [0.2, 0.25) is 0 Å². The quantitative estimate of drug-likeness (QED) is 0.582. The van der Waals surface area contributed by atoms with Crippen molar-refractivity contribution in [1.29, 1.82) is 0 Å². The average molecular weight is 173 g/mol. The molecule has 0 aliphatic carbocycles. The first-order valence-electron chi connectivity index (χ1n) is 2.77. The first-order valence-corrected chi connectivity index (χ1v) is 4.21. The third-order valence-corrected chi connectivity index (χ3v) is 2.19. The first kappa shape index (κ1) is 7.93. The predicted octanol–water partition coefficient (Wildman–Crippen LogP) is -0.191. The van der Waals surface area contributed by atoms with Crippen molar-refractivity contribution < 1.29 is 8.42 Å². The van der Waals surface area contributed by atoms with Crippen LogP contribution in [-0.4, -0.2) is 24.7 Å². The summed E-state index contributed by atoms with van der Waals surface area (Å²) in [5.74, 6) is 0. The molecule has 0 fully saturated rings. The van der Waals surface area contributed by atoms with Gasteiger partial charge >= 0.3 is 10.0 Å². The van der Waals surface area contributed by atoms with Crippen LogP contribution in [0.1, 0.15) is 0 Å². The smallest absolute Gasteiger partial charge is 0.300 e. The second-order valence-corrected chi connectivity index (χ2v) is 3.61. The number of hydrogen-bond acceptors (Lipinski definition) is 3. The lowest BCUT2D eigenvalue weighted by Crippen LogP contribution is -1.95. The molecule has 0 radical (unpaired) electrons. The number of imidazole rings is 1. The molecule has 6 heteroatoms. The van der Waals surface area contributed by atoms with E-state index >= 15 is 0 Å². The van der Waals surface area contributed by atoms with Crippen LogP contribution in [0.3, 0.4) is 0 Å². The molecule has 0 atom stereocenters. The summed E-state index contributed by atoms with van der Waals surface area (Å²) in [5, 5.41) is -0.0741. The number of hydrogen-bond donors (Lipinski definition) is 0. The zero-order valence-electron chi connectivity index (χ0n) is 5.93. The van der Waals surface area contributed by atoms with Gasteiger partial charge in [-0.05, 0) is 0 Å². The highest BCUT2D eigenvalue weighted by Crippen LogP contribution is 2.06. The maximum atomic E-state index is 10.9. The topological polar surface area (TPSA) is 64.3 Å². The van der Waals surface area contributed by atoms with Gasteiger partial charge in [-0.2, -0.15) is 12.8 Å². The van der Waals surface area contributed by atoms with Gasteiger partial charge in [-0.25, -0.2) is 4.98 Å². The number of nitrogens with zero attached hydrogens (tertiary/aromatic N) is 3. The molecule has 0 bridgehead atoms. The fourth-order valence-corrected chi connectivity index (χ4v) is 1.20. The van der Waals surface area contributed by atoms with Gasteiger partial charge < -0.3 is 4.57 Å². The molecule has 1 aromatic heterocycles. The zero-order valence-corrected chi connectivity index (χ0v) is 6.74. The Hall–Kier alpha value is -1.17. The molecule has 0 aromatic carbocycles. The second kappa shape index (κ2) is 2.46. The minimum atomic E-state index is -3.60. The summed E-state index contributed by atoms with van der Waals surface area (Å²) >= 11 is 0. The molecule has 0 amide bonds. The van der Waals surface area contributed by atoms with Crippen molar-refractivity contribution >= 4 is 16.7 Å². The Labute approximate surface area is 64.5 Å². The summed E-state index contributed by atoms with van der Waals surface area (Å²) in [4.78, 5) is 3.60. The molecule has 1 aromatic rings. The van der Waals surface area contributed by atoms with E-state index in [9.17, 15) is 8.42 Å². The van der Waals surface area contributed by atoms with E-state index < -0.39 is 10.0 Å². The lowest BCUT2D eigenvalue weighted by molar-refractivity contribution is 0.595. The molecule has 0 aliphatic heterocycles. The van der Waals surface area contributed by atoms with E-state index in [1.54, 1.807) is 7.05 Å². The molecule has 0 N–H and O–H groups in total. The molecule has 60 valence electrons. The van der Waals surface area contributed by atoms with E-state index in [1.807, 2.05) is 0 Å². The van der Waals surface area contributed by atoms with Crippen molar-refractivity contribution in [3.05, 3.63) is 12.5 Å². The van der Waals surface area contributed by atoms with Crippen LogP contribution in [-0.2, 0) is 17.1 Å².